The van der Waals surface area contributed by atoms with Gasteiger partial charge < -0.3 is 19.6 Å². The van der Waals surface area contributed by atoms with Gasteiger partial charge in [-0.1, -0.05) is 19.0 Å². The predicted molar refractivity (Wildman–Crippen MR) is 110 cm³/mol. The molecule has 7 nitrogen and oxygen atoms in total. The van der Waals surface area contributed by atoms with E-state index >= 15 is 0 Å². The number of carbonyl (C=O) groups excluding carboxylic acids is 1. The van der Waals surface area contributed by atoms with Gasteiger partial charge in [0.05, 0.1) is 5.56 Å². The zero-order valence-corrected chi connectivity index (χ0v) is 17.8. The normalized spacial score (nSPS) is 12.0. The molecule has 1 atom stereocenters. The Balaban J connectivity index is 0.000000861. The largest absolute Gasteiger partial charge is 0.479 e. The Hall–Kier alpha value is -3.14. The van der Waals surface area contributed by atoms with Crippen LogP contribution in [0.4, 0.5) is 13.2 Å². The maximum absolute atomic E-state index is 12.5. The van der Waals surface area contributed by atoms with Gasteiger partial charge >= 0.3 is 12.1 Å². The SMILES string of the molecule is CC=NOC(=O)C(C)Oc1ccc(Oc2ccc(C(F)(F)F)cn2)cc1.CCNCC. The molecule has 0 fully saturated rings. The van der Waals surface area contributed by atoms with Crippen molar-refractivity contribution >= 4 is 12.2 Å². The van der Waals surface area contributed by atoms with Crippen molar-refractivity contribution in [3.63, 3.8) is 0 Å². The summed E-state index contributed by atoms with van der Waals surface area (Å²) in [6.45, 7) is 9.49. The van der Waals surface area contributed by atoms with Crippen molar-refractivity contribution in [1.29, 1.82) is 0 Å². The molecule has 1 heterocycles. The molecular formula is C21H26F3N3O4. The predicted octanol–water partition coefficient (Wildman–Crippen LogP) is 4.82. The molecule has 31 heavy (non-hydrogen) atoms. The summed E-state index contributed by atoms with van der Waals surface area (Å²) in [6.07, 6.45) is -3.31. The van der Waals surface area contributed by atoms with Crippen molar-refractivity contribution in [3.05, 3.63) is 48.2 Å². The second-order valence-corrected chi connectivity index (χ2v) is 5.95. The van der Waals surface area contributed by atoms with Crippen LogP contribution >= 0.6 is 0 Å². The summed E-state index contributed by atoms with van der Waals surface area (Å²) < 4.78 is 48.2. The number of nitrogens with zero attached hydrogens (tertiary/aromatic N) is 2. The van der Waals surface area contributed by atoms with E-state index in [2.05, 4.69) is 34.1 Å². The van der Waals surface area contributed by atoms with Gasteiger partial charge in [-0.3, -0.25) is 0 Å². The Morgan fingerprint density at radius 3 is 2.19 bits per heavy atom. The minimum absolute atomic E-state index is 0.0149. The van der Waals surface area contributed by atoms with E-state index in [0.717, 1.165) is 25.2 Å². The van der Waals surface area contributed by atoms with Crippen LogP contribution in [-0.2, 0) is 15.8 Å². The van der Waals surface area contributed by atoms with E-state index in [-0.39, 0.29) is 5.88 Å². The van der Waals surface area contributed by atoms with E-state index in [1.54, 1.807) is 6.92 Å². The van der Waals surface area contributed by atoms with E-state index in [1.165, 1.54) is 37.4 Å². The number of hydrogen-bond donors (Lipinski definition) is 1. The quantitative estimate of drug-likeness (QED) is 0.359. The number of carbonyl (C=O) groups is 1. The molecule has 170 valence electrons. The highest BCUT2D eigenvalue weighted by Gasteiger charge is 2.30. The van der Waals surface area contributed by atoms with Crippen molar-refractivity contribution < 1.29 is 32.3 Å². The number of oxime groups is 1. The van der Waals surface area contributed by atoms with Crippen LogP contribution in [0.15, 0.2) is 47.8 Å². The molecule has 0 aliphatic rings. The second kappa shape index (κ2) is 13.2. The molecule has 0 radical (unpaired) electrons. The maximum atomic E-state index is 12.5. The van der Waals surface area contributed by atoms with E-state index < -0.39 is 23.8 Å². The Kier molecular flexibility index (Phi) is 11.0. The number of pyridine rings is 1. The van der Waals surface area contributed by atoms with Crippen LogP contribution in [0, 0.1) is 0 Å². The molecule has 2 aromatic rings. The minimum atomic E-state index is -4.45. The number of benzene rings is 1. The summed E-state index contributed by atoms with van der Waals surface area (Å²) in [6, 6.07) is 8.12. The van der Waals surface area contributed by atoms with Crippen molar-refractivity contribution in [2.45, 2.75) is 40.0 Å². The average molecular weight is 441 g/mol. The molecule has 1 aromatic heterocycles. The molecule has 1 unspecified atom stereocenters. The van der Waals surface area contributed by atoms with Crippen molar-refractivity contribution in [1.82, 2.24) is 10.3 Å². The monoisotopic (exact) mass is 441 g/mol. The summed E-state index contributed by atoms with van der Waals surface area (Å²) in [5.41, 5.74) is -0.859. The van der Waals surface area contributed by atoms with Gasteiger partial charge in [0.1, 0.15) is 11.5 Å². The van der Waals surface area contributed by atoms with Crippen molar-refractivity contribution in [2.75, 3.05) is 13.1 Å². The van der Waals surface area contributed by atoms with Crippen molar-refractivity contribution in [2.24, 2.45) is 5.16 Å². The van der Waals surface area contributed by atoms with Gasteiger partial charge in [-0.05, 0) is 57.3 Å². The molecule has 0 saturated heterocycles. The van der Waals surface area contributed by atoms with Gasteiger partial charge in [-0.25, -0.2) is 9.78 Å². The molecule has 0 spiro atoms. The molecule has 0 amide bonds. The molecule has 1 N–H and O–H groups in total. The van der Waals surface area contributed by atoms with Gasteiger partial charge in [0.25, 0.3) is 0 Å². The van der Waals surface area contributed by atoms with Crippen LogP contribution in [0.1, 0.15) is 33.3 Å². The lowest BCUT2D eigenvalue weighted by atomic mass is 10.3. The van der Waals surface area contributed by atoms with Crippen LogP contribution in [0.5, 0.6) is 17.4 Å². The lowest BCUT2D eigenvalue weighted by Crippen LogP contribution is -2.24. The number of nitrogens with one attached hydrogen (secondary N) is 1. The lowest BCUT2D eigenvalue weighted by molar-refractivity contribution is -0.151. The molecular weight excluding hydrogens is 415 g/mol. The first-order valence-electron chi connectivity index (χ1n) is 9.58. The fourth-order valence-electron chi connectivity index (χ4n) is 2.00. The number of aromatic nitrogens is 1. The number of hydrogen-bond acceptors (Lipinski definition) is 7. The molecule has 0 aliphatic heterocycles. The molecule has 0 aliphatic carbocycles. The summed E-state index contributed by atoms with van der Waals surface area (Å²) in [7, 11) is 0. The molecule has 10 heteroatoms. The van der Waals surface area contributed by atoms with Gasteiger partial charge in [-0.15, -0.1) is 0 Å². The van der Waals surface area contributed by atoms with Crippen LogP contribution in [0.25, 0.3) is 0 Å². The summed E-state index contributed by atoms with van der Waals surface area (Å²) in [5, 5.41) is 6.48. The summed E-state index contributed by atoms with van der Waals surface area (Å²) >= 11 is 0. The standard InChI is InChI=1S/C17H15F3N2O4.C4H11N/c1-3-22-26-16(23)11(2)24-13-5-7-14(8-6-13)25-15-9-4-12(10-21-15)17(18,19)20;1-3-5-4-2/h3-11H,1-2H3;5H,3-4H2,1-2H3. The van der Waals surface area contributed by atoms with Crippen LogP contribution < -0.4 is 14.8 Å². The molecule has 0 bridgehead atoms. The van der Waals surface area contributed by atoms with E-state index in [9.17, 15) is 18.0 Å². The van der Waals surface area contributed by atoms with Gasteiger partial charge in [0, 0.05) is 18.5 Å². The third kappa shape index (κ3) is 9.94. The highest BCUT2D eigenvalue weighted by Crippen LogP contribution is 2.30. The number of rotatable bonds is 8. The molecule has 0 saturated carbocycles. The van der Waals surface area contributed by atoms with E-state index in [1.807, 2.05) is 0 Å². The van der Waals surface area contributed by atoms with Crippen LogP contribution in [0.2, 0.25) is 0 Å². The van der Waals surface area contributed by atoms with Crippen LogP contribution in [-0.4, -0.2) is 36.4 Å². The first kappa shape index (κ1) is 25.9. The number of alkyl halides is 3. The van der Waals surface area contributed by atoms with Gasteiger partial charge in [0.15, 0.2) is 6.10 Å². The third-order valence-electron chi connectivity index (χ3n) is 3.50. The summed E-state index contributed by atoms with van der Waals surface area (Å²) in [4.78, 5) is 19.7. The first-order valence-corrected chi connectivity index (χ1v) is 9.58. The number of halogens is 3. The third-order valence-corrected chi connectivity index (χ3v) is 3.50. The first-order chi connectivity index (χ1) is 14.7. The Morgan fingerprint density at radius 2 is 1.74 bits per heavy atom. The van der Waals surface area contributed by atoms with Crippen LogP contribution in [0.3, 0.4) is 0 Å². The highest BCUT2D eigenvalue weighted by atomic mass is 19.4. The van der Waals surface area contributed by atoms with Gasteiger partial charge in [0.2, 0.25) is 5.88 Å². The Morgan fingerprint density at radius 1 is 1.13 bits per heavy atom. The zero-order chi connectivity index (χ0) is 23.3. The Bertz CT molecular complexity index is 808. The molecule has 2 rings (SSSR count). The topological polar surface area (TPSA) is 82.0 Å². The van der Waals surface area contributed by atoms with Crippen molar-refractivity contribution in [3.8, 4) is 17.4 Å². The zero-order valence-electron chi connectivity index (χ0n) is 17.8. The van der Waals surface area contributed by atoms with E-state index in [0.29, 0.717) is 17.7 Å². The lowest BCUT2D eigenvalue weighted by Gasteiger charge is -2.12. The smallest absolute Gasteiger partial charge is 0.417 e. The average Bonchev–Trinajstić information content (AvgIpc) is 2.74. The summed E-state index contributed by atoms with van der Waals surface area (Å²) in [5.74, 6) is 0.0801. The fraction of sp³-hybridized carbons (Fsp3) is 0.381. The fourth-order valence-corrected chi connectivity index (χ4v) is 2.00. The highest BCUT2D eigenvalue weighted by molar-refractivity contribution is 5.75. The van der Waals surface area contributed by atoms with E-state index in [4.69, 9.17) is 9.47 Å². The van der Waals surface area contributed by atoms with Gasteiger partial charge in [-0.2, -0.15) is 13.2 Å². The Labute approximate surface area is 179 Å². The number of ether oxygens (including phenoxy) is 2. The maximum Gasteiger partial charge on any atom is 0.417 e. The minimum Gasteiger partial charge on any atom is -0.479 e. The molecule has 1 aromatic carbocycles. The second-order valence-electron chi connectivity index (χ2n) is 5.95.